The highest BCUT2D eigenvalue weighted by molar-refractivity contribution is 5.97. The van der Waals surface area contributed by atoms with Crippen LogP contribution >= 0.6 is 0 Å². The maximum absolute atomic E-state index is 12.1. The van der Waals surface area contributed by atoms with Crippen LogP contribution in [-0.2, 0) is 4.79 Å². The number of anilines is 1. The second-order valence-electron chi connectivity index (χ2n) is 5.87. The lowest BCUT2D eigenvalue weighted by molar-refractivity contribution is -0.120. The van der Waals surface area contributed by atoms with Crippen LogP contribution in [0.2, 0.25) is 0 Å². The van der Waals surface area contributed by atoms with Crippen molar-refractivity contribution in [2.75, 3.05) is 19.0 Å². The number of carbonyl (C=O) groups is 2. The molecule has 0 saturated carbocycles. The summed E-state index contributed by atoms with van der Waals surface area (Å²) >= 11 is 0. The summed E-state index contributed by atoms with van der Waals surface area (Å²) in [4.78, 5) is 24.0. The lowest BCUT2D eigenvalue weighted by Crippen LogP contribution is -2.39. The van der Waals surface area contributed by atoms with Crippen molar-refractivity contribution in [2.45, 2.75) is 13.0 Å². The van der Waals surface area contributed by atoms with Crippen molar-refractivity contribution < 1.29 is 14.3 Å². The van der Waals surface area contributed by atoms with Crippen molar-refractivity contribution >= 4 is 23.5 Å². The molecule has 0 unspecified atom stereocenters. The van der Waals surface area contributed by atoms with Gasteiger partial charge < -0.3 is 26.4 Å². The van der Waals surface area contributed by atoms with E-state index in [1.165, 1.54) is 0 Å². The predicted octanol–water partition coefficient (Wildman–Crippen LogP) is 1.98. The predicted molar refractivity (Wildman–Crippen MR) is 104 cm³/mol. The minimum Gasteiger partial charge on any atom is -0.497 e. The van der Waals surface area contributed by atoms with Gasteiger partial charge in [-0.25, -0.2) is 4.79 Å². The van der Waals surface area contributed by atoms with Crippen LogP contribution in [0.4, 0.5) is 10.5 Å². The maximum atomic E-state index is 12.1. The molecule has 0 spiro atoms. The number of rotatable bonds is 7. The van der Waals surface area contributed by atoms with E-state index in [-0.39, 0.29) is 24.3 Å². The molecular formula is C19H23N5O3. The first-order valence-electron chi connectivity index (χ1n) is 8.31. The number of amidine groups is 1. The molecule has 0 aliphatic heterocycles. The van der Waals surface area contributed by atoms with E-state index in [2.05, 4.69) is 16.0 Å². The largest absolute Gasteiger partial charge is 0.497 e. The fourth-order valence-electron chi connectivity index (χ4n) is 2.39. The van der Waals surface area contributed by atoms with Crippen molar-refractivity contribution in [3.8, 4) is 5.75 Å². The molecule has 27 heavy (non-hydrogen) atoms. The number of urea groups is 1. The summed E-state index contributed by atoms with van der Waals surface area (Å²) in [7, 11) is 1.58. The van der Waals surface area contributed by atoms with Gasteiger partial charge in [-0.1, -0.05) is 24.3 Å². The minimum atomic E-state index is -0.528. The highest BCUT2D eigenvalue weighted by Crippen LogP contribution is 2.18. The van der Waals surface area contributed by atoms with Gasteiger partial charge in [-0.05, 0) is 36.8 Å². The minimum absolute atomic E-state index is 0.0926. The molecule has 0 heterocycles. The smallest absolute Gasteiger partial charge is 0.319 e. The van der Waals surface area contributed by atoms with E-state index in [1.54, 1.807) is 31.4 Å². The van der Waals surface area contributed by atoms with Gasteiger partial charge in [0.15, 0.2) is 0 Å². The molecule has 3 amide bonds. The number of amides is 3. The molecule has 2 aromatic rings. The Bertz CT molecular complexity index is 838. The Morgan fingerprint density at radius 2 is 1.93 bits per heavy atom. The Balaban J connectivity index is 1.83. The summed E-state index contributed by atoms with van der Waals surface area (Å²) in [5.74, 6) is 0.293. The van der Waals surface area contributed by atoms with Gasteiger partial charge in [0.2, 0.25) is 5.91 Å². The van der Waals surface area contributed by atoms with Crippen LogP contribution in [0.1, 0.15) is 24.1 Å². The van der Waals surface area contributed by atoms with Gasteiger partial charge in [0.1, 0.15) is 11.6 Å². The number of nitrogens with one attached hydrogen (secondary N) is 4. The first kappa shape index (κ1) is 19.8. The van der Waals surface area contributed by atoms with Crippen LogP contribution in [0.15, 0.2) is 48.5 Å². The van der Waals surface area contributed by atoms with E-state index in [0.717, 1.165) is 5.56 Å². The lowest BCUT2D eigenvalue weighted by atomic mass is 10.1. The summed E-state index contributed by atoms with van der Waals surface area (Å²) in [6, 6.07) is 13.2. The molecule has 0 fully saturated rings. The molecule has 1 atom stereocenters. The molecule has 0 aliphatic carbocycles. The zero-order chi connectivity index (χ0) is 19.8. The monoisotopic (exact) mass is 369 g/mol. The Kier molecular flexibility index (Phi) is 6.76. The molecule has 0 saturated heterocycles. The van der Waals surface area contributed by atoms with Crippen LogP contribution in [-0.4, -0.2) is 31.4 Å². The van der Waals surface area contributed by atoms with Gasteiger partial charge in [-0.3, -0.25) is 10.2 Å². The van der Waals surface area contributed by atoms with Crippen LogP contribution < -0.4 is 26.4 Å². The third kappa shape index (κ3) is 6.03. The standard InChI is InChI=1S/C19H23N5O3/c1-12(13-5-4-8-16(10-13)27-2)23-17(25)11-22-19(26)24-15-7-3-6-14(9-15)18(20)21/h3-10,12H,11H2,1-2H3,(H3,20,21)(H,23,25)(H2,22,24,26)/t12-/m1/s1. The van der Waals surface area contributed by atoms with E-state index in [4.69, 9.17) is 15.9 Å². The Labute approximate surface area is 157 Å². The average Bonchev–Trinajstić information content (AvgIpc) is 2.66. The van der Waals surface area contributed by atoms with Gasteiger partial charge >= 0.3 is 6.03 Å². The molecule has 6 N–H and O–H groups in total. The molecule has 2 aromatic carbocycles. The molecule has 2 rings (SSSR count). The summed E-state index contributed by atoms with van der Waals surface area (Å²) in [5, 5.41) is 15.3. The Morgan fingerprint density at radius 1 is 1.19 bits per heavy atom. The highest BCUT2D eigenvalue weighted by atomic mass is 16.5. The molecule has 8 heteroatoms. The maximum Gasteiger partial charge on any atom is 0.319 e. The zero-order valence-corrected chi connectivity index (χ0v) is 15.2. The second-order valence-corrected chi connectivity index (χ2v) is 5.87. The van der Waals surface area contributed by atoms with Crippen molar-refractivity contribution in [2.24, 2.45) is 5.73 Å². The highest BCUT2D eigenvalue weighted by Gasteiger charge is 2.11. The van der Waals surface area contributed by atoms with E-state index in [0.29, 0.717) is 17.0 Å². The van der Waals surface area contributed by atoms with E-state index in [9.17, 15) is 9.59 Å². The van der Waals surface area contributed by atoms with E-state index in [1.807, 2.05) is 31.2 Å². The number of methoxy groups -OCH3 is 1. The molecule has 0 bridgehead atoms. The van der Waals surface area contributed by atoms with Crippen LogP contribution in [0, 0.1) is 5.41 Å². The molecule has 142 valence electrons. The third-order valence-corrected chi connectivity index (χ3v) is 3.81. The summed E-state index contributed by atoms with van der Waals surface area (Å²) in [5.41, 5.74) is 7.29. The number of benzene rings is 2. The van der Waals surface area contributed by atoms with E-state index >= 15 is 0 Å². The molecular weight excluding hydrogens is 346 g/mol. The van der Waals surface area contributed by atoms with Gasteiger partial charge in [0.05, 0.1) is 19.7 Å². The fraction of sp³-hybridized carbons (Fsp3) is 0.211. The summed E-state index contributed by atoms with van der Waals surface area (Å²) < 4.78 is 5.17. The van der Waals surface area contributed by atoms with Crippen molar-refractivity contribution in [1.82, 2.24) is 10.6 Å². The molecule has 0 aromatic heterocycles. The van der Waals surface area contributed by atoms with Gasteiger partial charge in [0.25, 0.3) is 0 Å². The van der Waals surface area contributed by atoms with Gasteiger partial charge in [-0.2, -0.15) is 0 Å². The second kappa shape index (κ2) is 9.23. The zero-order valence-electron chi connectivity index (χ0n) is 15.2. The summed E-state index contributed by atoms with van der Waals surface area (Å²) in [6.07, 6.45) is 0. The third-order valence-electron chi connectivity index (χ3n) is 3.81. The first-order valence-corrected chi connectivity index (χ1v) is 8.31. The number of carbonyl (C=O) groups excluding carboxylic acids is 2. The van der Waals surface area contributed by atoms with Gasteiger partial charge in [0, 0.05) is 11.3 Å². The van der Waals surface area contributed by atoms with Crippen molar-refractivity contribution in [1.29, 1.82) is 5.41 Å². The normalized spacial score (nSPS) is 11.2. The van der Waals surface area contributed by atoms with Crippen LogP contribution in [0.5, 0.6) is 5.75 Å². The van der Waals surface area contributed by atoms with E-state index < -0.39 is 6.03 Å². The van der Waals surface area contributed by atoms with Crippen molar-refractivity contribution in [3.63, 3.8) is 0 Å². The number of ether oxygens (including phenoxy) is 1. The van der Waals surface area contributed by atoms with Crippen LogP contribution in [0.3, 0.4) is 0 Å². The number of hydrogen-bond donors (Lipinski definition) is 5. The Morgan fingerprint density at radius 3 is 2.63 bits per heavy atom. The number of nitrogen functional groups attached to an aromatic ring is 1. The SMILES string of the molecule is COc1cccc([C@@H](C)NC(=O)CNC(=O)Nc2cccc(C(=N)N)c2)c1. The summed E-state index contributed by atoms with van der Waals surface area (Å²) in [6.45, 7) is 1.67. The number of hydrogen-bond acceptors (Lipinski definition) is 4. The topological polar surface area (TPSA) is 129 Å². The van der Waals surface area contributed by atoms with Crippen LogP contribution in [0.25, 0.3) is 0 Å². The molecule has 8 nitrogen and oxygen atoms in total. The average molecular weight is 369 g/mol. The Hall–Kier alpha value is -3.55. The molecule has 0 radical (unpaired) electrons. The lowest BCUT2D eigenvalue weighted by Gasteiger charge is -2.15. The first-order chi connectivity index (χ1) is 12.9. The fourth-order valence-corrected chi connectivity index (χ4v) is 2.39. The number of nitrogens with two attached hydrogens (primary N) is 1. The van der Waals surface area contributed by atoms with Crippen molar-refractivity contribution in [3.05, 3.63) is 59.7 Å². The quantitative estimate of drug-likeness (QED) is 0.377. The van der Waals surface area contributed by atoms with Gasteiger partial charge in [-0.15, -0.1) is 0 Å². The molecule has 0 aliphatic rings.